The van der Waals surface area contributed by atoms with Crippen molar-refractivity contribution in [2.45, 2.75) is 52.5 Å². The Kier molecular flexibility index (Phi) is 5.40. The first kappa shape index (κ1) is 18.2. The molecule has 2 aromatic rings. The summed E-state index contributed by atoms with van der Waals surface area (Å²) in [5, 5.41) is 23.0. The van der Waals surface area contributed by atoms with Crippen LogP contribution in [0.2, 0.25) is 0 Å². The van der Waals surface area contributed by atoms with Gasteiger partial charge in [-0.25, -0.2) is 4.98 Å². The molecule has 0 aliphatic heterocycles. The predicted octanol–water partition coefficient (Wildman–Crippen LogP) is 3.35. The van der Waals surface area contributed by atoms with E-state index in [9.17, 15) is 5.26 Å². The van der Waals surface area contributed by atoms with Gasteiger partial charge in [-0.2, -0.15) is 15.3 Å². The molecule has 3 rings (SSSR count). The van der Waals surface area contributed by atoms with E-state index < -0.39 is 0 Å². The van der Waals surface area contributed by atoms with Gasteiger partial charge >= 0.3 is 0 Å². The average molecular weight is 353 g/mol. The second kappa shape index (κ2) is 7.73. The van der Waals surface area contributed by atoms with Crippen molar-refractivity contribution in [3.63, 3.8) is 0 Å². The molecule has 138 valence electrons. The van der Waals surface area contributed by atoms with Gasteiger partial charge in [0.1, 0.15) is 17.5 Å². The maximum absolute atomic E-state index is 9.38. The van der Waals surface area contributed by atoms with Crippen molar-refractivity contribution in [1.82, 2.24) is 20.2 Å². The van der Waals surface area contributed by atoms with Crippen molar-refractivity contribution in [3.8, 4) is 6.07 Å². The Balaban J connectivity index is 1.65. The minimum absolute atomic E-state index is 0.293. The number of hydrogen-bond donors (Lipinski definition) is 3. The van der Waals surface area contributed by atoms with Crippen LogP contribution in [0.25, 0.3) is 0 Å². The molecular weight excluding hydrogens is 326 g/mol. The summed E-state index contributed by atoms with van der Waals surface area (Å²) in [6, 6.07) is 4.47. The van der Waals surface area contributed by atoms with Gasteiger partial charge in [0.15, 0.2) is 0 Å². The Bertz CT molecular complexity index is 761. The van der Waals surface area contributed by atoms with E-state index in [1.54, 1.807) is 12.4 Å². The molecule has 26 heavy (non-hydrogen) atoms. The molecule has 2 heterocycles. The largest absolute Gasteiger partial charge is 0.366 e. The number of nitrogens with one attached hydrogen (secondary N) is 3. The van der Waals surface area contributed by atoms with Crippen LogP contribution in [0.3, 0.4) is 0 Å². The van der Waals surface area contributed by atoms with Gasteiger partial charge in [-0.3, -0.25) is 5.10 Å². The number of nitrogens with zero attached hydrogens (tertiary/aromatic N) is 4. The molecular formula is C19H27N7. The van der Waals surface area contributed by atoms with Crippen LogP contribution >= 0.6 is 0 Å². The quantitative estimate of drug-likeness (QED) is 0.736. The fraction of sp³-hybridized carbons (Fsp3) is 0.579. The number of aromatic amines is 1. The smallest absolute Gasteiger partial charge is 0.224 e. The van der Waals surface area contributed by atoms with Gasteiger partial charge in [-0.15, -0.1) is 0 Å². The van der Waals surface area contributed by atoms with E-state index >= 15 is 0 Å². The Morgan fingerprint density at radius 3 is 2.92 bits per heavy atom. The highest BCUT2D eigenvalue weighted by molar-refractivity contribution is 5.54. The zero-order valence-electron chi connectivity index (χ0n) is 15.7. The van der Waals surface area contributed by atoms with Gasteiger partial charge in [-0.1, -0.05) is 20.8 Å². The first-order valence-electron chi connectivity index (χ1n) is 9.24. The second-order valence-corrected chi connectivity index (χ2v) is 7.84. The number of rotatable bonds is 6. The van der Waals surface area contributed by atoms with E-state index in [4.69, 9.17) is 0 Å². The predicted molar refractivity (Wildman–Crippen MR) is 102 cm³/mol. The summed E-state index contributed by atoms with van der Waals surface area (Å²) in [5.74, 6) is 1.87. The SMILES string of the molecule is C[C@H]1CC[C@@H](Nc2nc(NCCc3ccn[nH]3)ncc2C#N)CC1(C)C. The Hall–Kier alpha value is -2.62. The molecule has 7 heteroatoms. The van der Waals surface area contributed by atoms with Crippen LogP contribution in [0.5, 0.6) is 0 Å². The van der Waals surface area contributed by atoms with Crippen LogP contribution in [0.1, 0.15) is 51.3 Å². The summed E-state index contributed by atoms with van der Waals surface area (Å²) in [6.45, 7) is 7.66. The summed E-state index contributed by atoms with van der Waals surface area (Å²) in [6.07, 6.45) is 7.49. The third-order valence-corrected chi connectivity index (χ3v) is 5.54. The molecule has 1 fully saturated rings. The number of aromatic nitrogens is 4. The standard InChI is InChI=1S/C19H27N7/c1-13-4-5-16(10-19(13,2)3)24-17-14(11-20)12-22-18(25-17)21-8-6-15-7-9-23-26-15/h7,9,12-13,16H,4-6,8,10H2,1-3H3,(H,23,26)(H2,21,22,24,25)/t13-,16+/m0/s1. The minimum atomic E-state index is 0.293. The second-order valence-electron chi connectivity index (χ2n) is 7.84. The molecule has 7 nitrogen and oxygen atoms in total. The first-order valence-corrected chi connectivity index (χ1v) is 9.24. The Labute approximate surface area is 154 Å². The molecule has 3 N–H and O–H groups in total. The lowest BCUT2D eigenvalue weighted by Crippen LogP contribution is -2.37. The lowest BCUT2D eigenvalue weighted by atomic mass is 9.68. The molecule has 1 saturated carbocycles. The molecule has 2 aromatic heterocycles. The van der Waals surface area contributed by atoms with Crippen molar-refractivity contribution >= 4 is 11.8 Å². The topological polar surface area (TPSA) is 102 Å². The van der Waals surface area contributed by atoms with E-state index in [0.717, 1.165) is 25.0 Å². The molecule has 0 aromatic carbocycles. The van der Waals surface area contributed by atoms with Crippen LogP contribution in [-0.4, -0.2) is 32.8 Å². The molecule has 1 aliphatic rings. The van der Waals surface area contributed by atoms with E-state index in [-0.39, 0.29) is 0 Å². The van der Waals surface area contributed by atoms with Crippen LogP contribution in [-0.2, 0) is 6.42 Å². The maximum Gasteiger partial charge on any atom is 0.224 e. The minimum Gasteiger partial charge on any atom is -0.366 e. The molecule has 0 unspecified atom stereocenters. The van der Waals surface area contributed by atoms with Gasteiger partial charge in [0.25, 0.3) is 0 Å². The van der Waals surface area contributed by atoms with Crippen molar-refractivity contribution in [2.24, 2.45) is 11.3 Å². The average Bonchev–Trinajstić information content (AvgIpc) is 3.12. The Morgan fingerprint density at radius 1 is 1.38 bits per heavy atom. The summed E-state index contributed by atoms with van der Waals surface area (Å²) in [4.78, 5) is 8.79. The van der Waals surface area contributed by atoms with Crippen molar-refractivity contribution < 1.29 is 0 Å². The molecule has 0 spiro atoms. The van der Waals surface area contributed by atoms with Gasteiger partial charge in [0.2, 0.25) is 5.95 Å². The van der Waals surface area contributed by atoms with Crippen LogP contribution in [0, 0.1) is 22.7 Å². The summed E-state index contributed by atoms with van der Waals surface area (Å²) >= 11 is 0. The third-order valence-electron chi connectivity index (χ3n) is 5.54. The molecule has 0 saturated heterocycles. The lowest BCUT2D eigenvalue weighted by Gasteiger charge is -2.41. The fourth-order valence-electron chi connectivity index (χ4n) is 3.49. The van der Waals surface area contributed by atoms with Crippen molar-refractivity contribution in [2.75, 3.05) is 17.2 Å². The summed E-state index contributed by atoms with van der Waals surface area (Å²) in [7, 11) is 0. The summed E-state index contributed by atoms with van der Waals surface area (Å²) in [5.41, 5.74) is 1.84. The van der Waals surface area contributed by atoms with Gasteiger partial charge in [-0.05, 0) is 36.7 Å². The van der Waals surface area contributed by atoms with Crippen molar-refractivity contribution in [3.05, 3.63) is 29.7 Å². The van der Waals surface area contributed by atoms with E-state index in [1.165, 1.54) is 6.42 Å². The monoisotopic (exact) mass is 353 g/mol. The highest BCUT2D eigenvalue weighted by Crippen LogP contribution is 2.41. The molecule has 0 radical (unpaired) electrons. The highest BCUT2D eigenvalue weighted by Gasteiger charge is 2.34. The summed E-state index contributed by atoms with van der Waals surface area (Å²) < 4.78 is 0. The van der Waals surface area contributed by atoms with Crippen LogP contribution < -0.4 is 10.6 Å². The molecule has 2 atom stereocenters. The zero-order valence-corrected chi connectivity index (χ0v) is 15.7. The number of H-pyrrole nitrogens is 1. The van der Waals surface area contributed by atoms with Crippen LogP contribution in [0.4, 0.5) is 11.8 Å². The number of hydrogen-bond acceptors (Lipinski definition) is 6. The molecule has 1 aliphatic carbocycles. The van der Waals surface area contributed by atoms with Gasteiger partial charge in [0, 0.05) is 30.9 Å². The van der Waals surface area contributed by atoms with Gasteiger partial charge < -0.3 is 10.6 Å². The third kappa shape index (κ3) is 4.31. The van der Waals surface area contributed by atoms with E-state index in [0.29, 0.717) is 41.2 Å². The van der Waals surface area contributed by atoms with E-state index in [1.807, 2.05) is 6.07 Å². The van der Waals surface area contributed by atoms with Crippen LogP contribution in [0.15, 0.2) is 18.5 Å². The Morgan fingerprint density at radius 2 is 2.23 bits per heavy atom. The first-order chi connectivity index (χ1) is 12.5. The molecule has 0 amide bonds. The fourth-order valence-corrected chi connectivity index (χ4v) is 3.49. The zero-order chi connectivity index (χ0) is 18.6. The van der Waals surface area contributed by atoms with E-state index in [2.05, 4.69) is 57.6 Å². The van der Waals surface area contributed by atoms with Gasteiger partial charge in [0.05, 0.1) is 6.20 Å². The molecule has 0 bridgehead atoms. The normalized spacial score (nSPS) is 21.8. The maximum atomic E-state index is 9.38. The van der Waals surface area contributed by atoms with Crippen molar-refractivity contribution in [1.29, 1.82) is 5.26 Å². The highest BCUT2D eigenvalue weighted by atomic mass is 15.2. The number of anilines is 2. The lowest BCUT2D eigenvalue weighted by molar-refractivity contribution is 0.143. The number of nitriles is 1.